The summed E-state index contributed by atoms with van der Waals surface area (Å²) in [7, 11) is 0. The molecule has 1 aromatic heterocycles. The molecule has 1 fully saturated rings. The number of halogens is 1. The number of barbiturate groups is 1. The number of carboxylic acids is 1. The van der Waals surface area contributed by atoms with E-state index in [-0.39, 0.29) is 22.6 Å². The SMILES string of the molecule is Cc1cc(C(=O)O)ccc1-c1ccc(/C=C2\C(=O)NC(=O)N(c3cccc(F)c3)C2=O)o1. The van der Waals surface area contributed by atoms with Gasteiger partial charge in [0.25, 0.3) is 11.8 Å². The molecule has 2 aromatic carbocycles. The number of carbonyl (C=O) groups is 4. The van der Waals surface area contributed by atoms with E-state index >= 15 is 0 Å². The second kappa shape index (κ2) is 7.95. The second-order valence-corrected chi connectivity index (χ2v) is 6.97. The molecule has 4 rings (SSSR count). The van der Waals surface area contributed by atoms with E-state index in [1.54, 1.807) is 19.1 Å². The van der Waals surface area contributed by atoms with Crippen LogP contribution >= 0.6 is 0 Å². The van der Waals surface area contributed by atoms with Crippen LogP contribution in [0.25, 0.3) is 17.4 Å². The third-order valence-corrected chi connectivity index (χ3v) is 4.82. The fourth-order valence-electron chi connectivity index (χ4n) is 3.30. The highest BCUT2D eigenvalue weighted by molar-refractivity contribution is 6.39. The van der Waals surface area contributed by atoms with E-state index in [0.29, 0.717) is 21.8 Å². The van der Waals surface area contributed by atoms with Gasteiger partial charge >= 0.3 is 12.0 Å². The van der Waals surface area contributed by atoms with E-state index in [0.717, 1.165) is 12.1 Å². The summed E-state index contributed by atoms with van der Waals surface area (Å²) >= 11 is 0. The van der Waals surface area contributed by atoms with Gasteiger partial charge in [0.15, 0.2) is 0 Å². The largest absolute Gasteiger partial charge is 0.478 e. The highest BCUT2D eigenvalue weighted by atomic mass is 19.1. The van der Waals surface area contributed by atoms with Crippen molar-refractivity contribution in [3.8, 4) is 11.3 Å². The van der Waals surface area contributed by atoms with Gasteiger partial charge < -0.3 is 9.52 Å². The minimum absolute atomic E-state index is 0.0276. The molecule has 32 heavy (non-hydrogen) atoms. The van der Waals surface area contributed by atoms with Crippen LogP contribution in [0.15, 0.2) is 64.6 Å². The number of furan rings is 1. The van der Waals surface area contributed by atoms with Crippen molar-refractivity contribution in [2.24, 2.45) is 0 Å². The molecule has 0 spiro atoms. The highest BCUT2D eigenvalue weighted by Crippen LogP contribution is 2.28. The van der Waals surface area contributed by atoms with E-state index in [1.165, 1.54) is 36.4 Å². The average Bonchev–Trinajstić information content (AvgIpc) is 3.19. The Morgan fingerprint density at radius 3 is 2.56 bits per heavy atom. The molecule has 1 aliphatic heterocycles. The normalized spacial score (nSPS) is 15.2. The fourth-order valence-corrected chi connectivity index (χ4v) is 3.30. The zero-order valence-corrected chi connectivity index (χ0v) is 16.6. The van der Waals surface area contributed by atoms with Crippen LogP contribution in [0.4, 0.5) is 14.9 Å². The molecule has 8 nitrogen and oxygen atoms in total. The summed E-state index contributed by atoms with van der Waals surface area (Å²) in [6.45, 7) is 1.73. The molecule has 3 aromatic rings. The van der Waals surface area contributed by atoms with Crippen molar-refractivity contribution in [1.82, 2.24) is 5.32 Å². The molecule has 2 N–H and O–H groups in total. The Labute approximate surface area is 180 Å². The van der Waals surface area contributed by atoms with Gasteiger partial charge in [-0.3, -0.25) is 14.9 Å². The van der Waals surface area contributed by atoms with Crippen molar-refractivity contribution in [1.29, 1.82) is 0 Å². The number of carbonyl (C=O) groups excluding carboxylic acids is 3. The Morgan fingerprint density at radius 1 is 1.09 bits per heavy atom. The number of anilines is 1. The van der Waals surface area contributed by atoms with Gasteiger partial charge in [0, 0.05) is 5.56 Å². The predicted octanol–water partition coefficient (Wildman–Crippen LogP) is 3.76. The molecule has 160 valence electrons. The van der Waals surface area contributed by atoms with Gasteiger partial charge in [-0.15, -0.1) is 0 Å². The molecule has 1 aliphatic rings. The third-order valence-electron chi connectivity index (χ3n) is 4.82. The quantitative estimate of drug-likeness (QED) is 0.477. The summed E-state index contributed by atoms with van der Waals surface area (Å²) in [5.74, 6) is -2.98. The number of imide groups is 2. The van der Waals surface area contributed by atoms with Crippen LogP contribution in [0.5, 0.6) is 0 Å². The number of aryl methyl sites for hydroxylation is 1. The number of carboxylic acid groups (broad SMARTS) is 1. The molecular weight excluding hydrogens is 419 g/mol. The van der Waals surface area contributed by atoms with Gasteiger partial charge in [-0.25, -0.2) is 18.9 Å². The number of amides is 4. The van der Waals surface area contributed by atoms with Gasteiger partial charge in [-0.05, 0) is 61.0 Å². The maximum absolute atomic E-state index is 13.6. The number of hydrogen-bond acceptors (Lipinski definition) is 5. The van der Waals surface area contributed by atoms with Crippen molar-refractivity contribution in [3.05, 3.63) is 82.9 Å². The number of hydrogen-bond donors (Lipinski definition) is 2. The Morgan fingerprint density at radius 2 is 1.88 bits per heavy atom. The first-order valence-corrected chi connectivity index (χ1v) is 9.36. The Bertz CT molecular complexity index is 1320. The summed E-state index contributed by atoms with van der Waals surface area (Å²) in [6.07, 6.45) is 1.18. The minimum Gasteiger partial charge on any atom is -0.478 e. The van der Waals surface area contributed by atoms with Crippen LogP contribution in [-0.2, 0) is 9.59 Å². The summed E-state index contributed by atoms with van der Waals surface area (Å²) in [6, 6.07) is 11.5. The van der Waals surface area contributed by atoms with Gasteiger partial charge in [-0.2, -0.15) is 0 Å². The molecule has 1 saturated heterocycles. The molecule has 0 radical (unpaired) electrons. The average molecular weight is 434 g/mol. The van der Waals surface area contributed by atoms with Crippen LogP contribution in [0.3, 0.4) is 0 Å². The van der Waals surface area contributed by atoms with Crippen LogP contribution in [0.1, 0.15) is 21.7 Å². The van der Waals surface area contributed by atoms with Crippen molar-refractivity contribution >= 4 is 35.6 Å². The van der Waals surface area contributed by atoms with E-state index in [4.69, 9.17) is 9.52 Å². The predicted molar refractivity (Wildman–Crippen MR) is 111 cm³/mol. The van der Waals surface area contributed by atoms with Gasteiger partial charge in [-0.1, -0.05) is 12.1 Å². The summed E-state index contributed by atoms with van der Waals surface area (Å²) in [4.78, 5) is 49.1. The molecule has 2 heterocycles. The molecule has 0 aliphatic carbocycles. The lowest BCUT2D eigenvalue weighted by Crippen LogP contribution is -2.54. The van der Waals surface area contributed by atoms with Gasteiger partial charge in [0.1, 0.15) is 22.9 Å². The highest BCUT2D eigenvalue weighted by Gasteiger charge is 2.37. The lowest BCUT2D eigenvalue weighted by molar-refractivity contribution is -0.122. The number of rotatable bonds is 4. The monoisotopic (exact) mass is 434 g/mol. The Hall–Kier alpha value is -4.53. The number of nitrogens with zero attached hydrogens (tertiary/aromatic N) is 1. The molecule has 0 bridgehead atoms. The van der Waals surface area contributed by atoms with Crippen molar-refractivity contribution in [2.75, 3.05) is 4.90 Å². The molecule has 0 saturated carbocycles. The van der Waals surface area contributed by atoms with E-state index in [1.807, 2.05) is 0 Å². The van der Waals surface area contributed by atoms with Crippen LogP contribution in [-0.4, -0.2) is 28.9 Å². The second-order valence-electron chi connectivity index (χ2n) is 6.97. The van der Waals surface area contributed by atoms with Crippen molar-refractivity contribution in [3.63, 3.8) is 0 Å². The van der Waals surface area contributed by atoms with Crippen LogP contribution < -0.4 is 10.2 Å². The molecule has 4 amide bonds. The zero-order chi connectivity index (χ0) is 23.0. The number of nitrogens with one attached hydrogen (secondary N) is 1. The molecular formula is C23H15FN2O6. The van der Waals surface area contributed by atoms with E-state index in [2.05, 4.69) is 5.32 Å². The van der Waals surface area contributed by atoms with Gasteiger partial charge in [0.05, 0.1) is 11.3 Å². The van der Waals surface area contributed by atoms with Crippen molar-refractivity contribution in [2.45, 2.75) is 6.92 Å². The first kappa shape index (κ1) is 20.7. The van der Waals surface area contributed by atoms with Crippen LogP contribution in [0, 0.1) is 12.7 Å². The maximum atomic E-state index is 13.6. The summed E-state index contributed by atoms with van der Waals surface area (Å²) in [5, 5.41) is 11.1. The first-order valence-electron chi connectivity index (χ1n) is 9.36. The first-order chi connectivity index (χ1) is 15.2. The van der Waals surface area contributed by atoms with E-state index in [9.17, 15) is 23.6 Å². The minimum atomic E-state index is -1.05. The molecule has 0 unspecified atom stereocenters. The van der Waals surface area contributed by atoms with E-state index < -0.39 is 29.6 Å². The summed E-state index contributed by atoms with van der Waals surface area (Å²) in [5.41, 5.74) is 1.03. The fraction of sp³-hybridized carbons (Fsp3) is 0.0435. The maximum Gasteiger partial charge on any atom is 0.335 e. The number of aromatic carboxylic acids is 1. The zero-order valence-electron chi connectivity index (χ0n) is 16.6. The van der Waals surface area contributed by atoms with Crippen LogP contribution in [0.2, 0.25) is 0 Å². The lowest BCUT2D eigenvalue weighted by Gasteiger charge is -2.26. The Balaban J connectivity index is 1.67. The van der Waals surface area contributed by atoms with Gasteiger partial charge in [0.2, 0.25) is 0 Å². The smallest absolute Gasteiger partial charge is 0.335 e. The number of benzene rings is 2. The number of urea groups is 1. The standard InChI is InChI=1S/C23H15FN2O6/c1-12-9-13(22(29)30)5-7-17(12)19-8-6-16(32-19)11-18-20(27)25-23(31)26(21(18)28)15-4-2-3-14(24)10-15/h2-11H,1H3,(H,29,30)(H,25,27,31)/b18-11+. The lowest BCUT2D eigenvalue weighted by atomic mass is 10.0. The Kier molecular flexibility index (Phi) is 5.15. The topological polar surface area (TPSA) is 117 Å². The third kappa shape index (κ3) is 3.79. The van der Waals surface area contributed by atoms with Crippen molar-refractivity contribution < 1.29 is 33.1 Å². The molecule has 0 atom stereocenters. The summed E-state index contributed by atoms with van der Waals surface area (Å²) < 4.78 is 19.3. The molecule has 9 heteroatoms.